The zero-order chi connectivity index (χ0) is 33.3. The molecule has 1 radical (unpaired) electrons. The molecule has 0 aliphatic heterocycles. The van der Waals surface area contributed by atoms with Gasteiger partial charge in [-0.2, -0.15) is 0 Å². The predicted octanol–water partition coefficient (Wildman–Crippen LogP) is 11.0. The van der Waals surface area contributed by atoms with E-state index < -0.39 is 6.85 Å². The van der Waals surface area contributed by atoms with E-state index in [0.717, 1.165) is 40.1 Å². The van der Waals surface area contributed by atoms with Gasteiger partial charge in [-0.05, 0) is 73.0 Å². The number of nitrogens with zero attached hydrogens (tertiary/aromatic N) is 2. The van der Waals surface area contributed by atoms with Gasteiger partial charge in [0.25, 0.3) is 0 Å². The van der Waals surface area contributed by atoms with Crippen molar-refractivity contribution >= 4 is 21.9 Å². The molecular formula is C40H38IrN2O-2. The molecule has 3 heterocycles. The summed E-state index contributed by atoms with van der Waals surface area (Å²) in [6, 6.07) is 28.1. The van der Waals surface area contributed by atoms with Crippen molar-refractivity contribution in [1.82, 2.24) is 9.97 Å². The molecule has 8 rings (SSSR count). The van der Waals surface area contributed by atoms with Crippen molar-refractivity contribution in [3.63, 3.8) is 0 Å². The van der Waals surface area contributed by atoms with Crippen molar-refractivity contribution in [2.24, 2.45) is 0 Å². The summed E-state index contributed by atoms with van der Waals surface area (Å²) in [4.78, 5) is 8.90. The smallest absolute Gasteiger partial charge is 0.120 e. The summed E-state index contributed by atoms with van der Waals surface area (Å²) in [7, 11) is 0. The maximum absolute atomic E-state index is 8.20. The minimum absolute atomic E-state index is 0. The van der Waals surface area contributed by atoms with E-state index in [1.807, 2.05) is 30.3 Å². The summed E-state index contributed by atoms with van der Waals surface area (Å²) in [6.07, 6.45) is 15.5. The van der Waals surface area contributed by atoms with Crippen molar-refractivity contribution in [3.05, 3.63) is 120 Å². The van der Waals surface area contributed by atoms with E-state index in [-0.39, 0.29) is 43.4 Å². The molecule has 3 aromatic heterocycles. The van der Waals surface area contributed by atoms with Crippen molar-refractivity contribution in [2.45, 2.75) is 76.5 Å². The van der Waals surface area contributed by atoms with Gasteiger partial charge in [-0.15, -0.1) is 53.6 Å². The molecule has 2 saturated carbocycles. The monoisotopic (exact) mass is 760 g/mol. The number of hydrogen-bond acceptors (Lipinski definition) is 3. The molecule has 0 atom stereocenters. The first-order valence-corrected chi connectivity index (χ1v) is 15.5. The summed E-state index contributed by atoms with van der Waals surface area (Å²) >= 11 is 0. The second-order valence-electron chi connectivity index (χ2n) is 11.8. The van der Waals surface area contributed by atoms with E-state index in [2.05, 4.69) is 53.6 Å². The minimum atomic E-state index is -2.48. The van der Waals surface area contributed by atoms with E-state index in [9.17, 15) is 0 Å². The van der Waals surface area contributed by atoms with Crippen molar-refractivity contribution in [3.8, 4) is 22.5 Å². The first-order valence-electron chi connectivity index (χ1n) is 18.0. The van der Waals surface area contributed by atoms with Crippen LogP contribution in [0.1, 0.15) is 93.2 Å². The van der Waals surface area contributed by atoms with Crippen molar-refractivity contribution in [2.75, 3.05) is 0 Å². The first kappa shape index (κ1) is 24.7. The molecule has 225 valence electrons. The number of aromatic nitrogens is 2. The van der Waals surface area contributed by atoms with Gasteiger partial charge in [0.05, 0.1) is 8.32 Å². The number of pyridine rings is 2. The Morgan fingerprint density at radius 1 is 0.750 bits per heavy atom. The number of hydrogen-bond donors (Lipinski definition) is 0. The molecule has 0 spiro atoms. The van der Waals surface area contributed by atoms with E-state index in [1.165, 1.54) is 68.9 Å². The largest absolute Gasteiger partial charge is 0.501 e. The molecular weight excluding hydrogens is 717 g/mol. The van der Waals surface area contributed by atoms with Gasteiger partial charge in [0.15, 0.2) is 0 Å². The number of benzene rings is 3. The molecule has 0 amide bonds. The van der Waals surface area contributed by atoms with E-state index in [4.69, 9.17) is 16.3 Å². The standard InChI is InChI=1S/C22H26N.C18H12NO.Ir/c1-2-7-18(8-3-1)21-13-14-22(23-16-21)20-12-6-11-19(15-20)17-9-4-5-10-17;1-12-9-10-16(19-11-12)15-7-4-6-14-13-5-2-3-8-17(13)20-18(14)15;/h6,11,13-18H,1-5,7-10H2;2-6,8-11H,1H3;/q2*-1;/i;1D3,9D,10D;. The summed E-state index contributed by atoms with van der Waals surface area (Å²) in [6.45, 7) is -2.48. The van der Waals surface area contributed by atoms with Crippen molar-refractivity contribution in [1.29, 1.82) is 0 Å². The van der Waals surface area contributed by atoms with Crippen LogP contribution in [0, 0.1) is 19.0 Å². The fraction of sp³-hybridized carbons (Fsp3) is 0.300. The second-order valence-corrected chi connectivity index (χ2v) is 11.8. The van der Waals surface area contributed by atoms with Gasteiger partial charge < -0.3 is 14.4 Å². The zero-order valence-corrected chi connectivity index (χ0v) is 27.1. The fourth-order valence-corrected chi connectivity index (χ4v) is 6.70. The zero-order valence-electron chi connectivity index (χ0n) is 29.7. The summed E-state index contributed by atoms with van der Waals surface area (Å²) in [5.41, 5.74) is 6.76. The Hall–Kier alpha value is -3.59. The molecule has 0 N–H and O–H groups in total. The van der Waals surface area contributed by atoms with Crippen LogP contribution in [-0.2, 0) is 20.1 Å². The van der Waals surface area contributed by atoms with Gasteiger partial charge in [0.2, 0.25) is 0 Å². The molecule has 3 aromatic carbocycles. The third kappa shape index (κ3) is 6.58. The van der Waals surface area contributed by atoms with E-state index in [1.54, 1.807) is 6.07 Å². The third-order valence-corrected chi connectivity index (χ3v) is 9.00. The molecule has 0 bridgehead atoms. The number of fused-ring (bicyclic) bond motifs is 3. The third-order valence-electron chi connectivity index (χ3n) is 9.00. The average molecular weight is 760 g/mol. The molecule has 2 fully saturated rings. The Labute approximate surface area is 281 Å². The molecule has 0 saturated heterocycles. The first-order chi connectivity index (χ1) is 23.3. The maximum Gasteiger partial charge on any atom is 0.120 e. The normalized spacial score (nSPS) is 17.5. The molecule has 2 aliphatic rings. The van der Waals surface area contributed by atoms with Crippen LogP contribution in [0.3, 0.4) is 0 Å². The van der Waals surface area contributed by atoms with Crippen LogP contribution in [-0.4, -0.2) is 9.97 Å². The molecule has 44 heavy (non-hydrogen) atoms. The Morgan fingerprint density at radius 3 is 2.30 bits per heavy atom. The molecule has 0 unspecified atom stereocenters. The van der Waals surface area contributed by atoms with Crippen LogP contribution in [0.4, 0.5) is 0 Å². The Kier molecular flexibility index (Phi) is 7.87. The predicted molar refractivity (Wildman–Crippen MR) is 176 cm³/mol. The van der Waals surface area contributed by atoms with E-state index >= 15 is 0 Å². The van der Waals surface area contributed by atoms with Gasteiger partial charge in [-0.25, -0.2) is 0 Å². The average Bonchev–Trinajstić information content (AvgIpc) is 3.79. The molecule has 2 aliphatic carbocycles. The van der Waals surface area contributed by atoms with Gasteiger partial charge in [-0.1, -0.05) is 85.5 Å². The SMILES string of the molecule is [2H]c1c(C([2H])([2H])[2H])cnc(-c2[c-]ccc3c2oc2ccccc23)c1[2H].[Ir].[c-]1ccc(C2CCCC2)cc1-c1ccc(C2CCCCC2)cn1. The van der Waals surface area contributed by atoms with Gasteiger partial charge in [-0.3, -0.25) is 0 Å². The number of furan rings is 1. The molecule has 3 nitrogen and oxygen atoms in total. The van der Waals surface area contributed by atoms with Crippen molar-refractivity contribution < 1.29 is 31.4 Å². The van der Waals surface area contributed by atoms with Crippen LogP contribution in [0.5, 0.6) is 0 Å². The minimum Gasteiger partial charge on any atom is -0.501 e. The maximum atomic E-state index is 8.20. The topological polar surface area (TPSA) is 38.9 Å². The van der Waals surface area contributed by atoms with Crippen LogP contribution in [0.25, 0.3) is 44.5 Å². The Bertz CT molecular complexity index is 2050. The second kappa shape index (κ2) is 14.0. The van der Waals surface area contributed by atoms with E-state index in [0.29, 0.717) is 16.7 Å². The number of rotatable bonds is 4. The van der Waals surface area contributed by atoms with Crippen LogP contribution in [0.2, 0.25) is 0 Å². The van der Waals surface area contributed by atoms with Gasteiger partial charge in [0, 0.05) is 42.0 Å². The molecule has 4 heteroatoms. The Balaban J connectivity index is 0.000000167. The summed E-state index contributed by atoms with van der Waals surface area (Å²) in [5, 5.41) is 1.79. The molecule has 6 aromatic rings. The van der Waals surface area contributed by atoms with Gasteiger partial charge in [0.1, 0.15) is 5.58 Å². The summed E-state index contributed by atoms with van der Waals surface area (Å²) < 4.78 is 44.5. The van der Waals surface area contributed by atoms with Gasteiger partial charge >= 0.3 is 0 Å². The summed E-state index contributed by atoms with van der Waals surface area (Å²) in [5.74, 6) is 1.49. The number of aryl methyl sites for hydroxylation is 1. The quantitative estimate of drug-likeness (QED) is 0.168. The van der Waals surface area contributed by atoms with Crippen LogP contribution < -0.4 is 0 Å². The number of para-hydroxylation sites is 1. The Morgan fingerprint density at radius 2 is 1.50 bits per heavy atom. The van der Waals surface area contributed by atoms with Crippen LogP contribution >= 0.6 is 0 Å². The fourth-order valence-electron chi connectivity index (χ4n) is 6.70. The van der Waals surface area contributed by atoms with Crippen LogP contribution in [0.15, 0.2) is 95.6 Å².